The normalized spacial score (nSPS) is 12.8. The Morgan fingerprint density at radius 3 is 2.74 bits per heavy atom. The third kappa shape index (κ3) is 4.05. The summed E-state index contributed by atoms with van der Waals surface area (Å²) >= 11 is 0. The number of fused-ring (bicyclic) bond motifs is 1. The molecule has 0 atom stereocenters. The minimum Gasteiger partial charge on any atom is -0.493 e. The topological polar surface area (TPSA) is 108 Å². The molecule has 1 aliphatic heterocycles. The summed E-state index contributed by atoms with van der Waals surface area (Å²) in [6.45, 7) is 0.573. The minimum absolute atomic E-state index is 0.199. The highest BCUT2D eigenvalue weighted by Gasteiger charge is 2.19. The van der Waals surface area contributed by atoms with Crippen molar-refractivity contribution in [3.63, 3.8) is 0 Å². The van der Waals surface area contributed by atoms with Crippen LogP contribution in [0.4, 0.5) is 5.69 Å². The van der Waals surface area contributed by atoms with Gasteiger partial charge in [0.1, 0.15) is 30.0 Å². The van der Waals surface area contributed by atoms with Crippen molar-refractivity contribution in [1.82, 2.24) is 19.5 Å². The molecule has 0 aliphatic carbocycles. The number of anilines is 1. The van der Waals surface area contributed by atoms with E-state index in [-0.39, 0.29) is 4.90 Å². The molecule has 3 heterocycles. The lowest BCUT2D eigenvalue weighted by molar-refractivity contribution is 0.356. The number of nitrogens with zero attached hydrogens (tertiary/aromatic N) is 4. The summed E-state index contributed by atoms with van der Waals surface area (Å²) in [7, 11) is -3.71. The predicted octanol–water partition coefficient (Wildman–Crippen LogP) is 3.19. The maximum absolute atomic E-state index is 12.7. The van der Waals surface area contributed by atoms with Crippen LogP contribution in [0.2, 0.25) is 0 Å². The molecule has 0 amide bonds. The number of sulfonamides is 1. The summed E-state index contributed by atoms with van der Waals surface area (Å²) < 4.78 is 41.0. The summed E-state index contributed by atoms with van der Waals surface area (Å²) in [4.78, 5) is 12.5. The fraction of sp³-hybridized carbons (Fsp3) is 0.0952. The van der Waals surface area contributed by atoms with Crippen LogP contribution in [-0.4, -0.2) is 34.5 Å². The number of aromatic nitrogens is 4. The number of hydrogen-bond acceptors (Lipinski definition) is 7. The molecule has 1 aliphatic rings. The molecule has 156 valence electrons. The Bertz CT molecular complexity index is 1320. The van der Waals surface area contributed by atoms with Gasteiger partial charge >= 0.3 is 0 Å². The first kappa shape index (κ1) is 19.1. The van der Waals surface area contributed by atoms with Gasteiger partial charge in [0.2, 0.25) is 5.88 Å². The number of rotatable bonds is 6. The molecule has 5 rings (SSSR count). The Kier molecular flexibility index (Phi) is 4.75. The van der Waals surface area contributed by atoms with Crippen LogP contribution >= 0.6 is 0 Å². The molecule has 2 aromatic heterocycles. The molecule has 0 bridgehead atoms. The summed E-state index contributed by atoms with van der Waals surface area (Å²) in [5, 5.41) is 0. The molecule has 9 nitrogen and oxygen atoms in total. The second-order valence-corrected chi connectivity index (χ2v) is 8.47. The van der Waals surface area contributed by atoms with E-state index < -0.39 is 10.0 Å². The zero-order chi connectivity index (χ0) is 21.3. The third-order valence-corrected chi connectivity index (χ3v) is 6.08. The Balaban J connectivity index is 1.30. The van der Waals surface area contributed by atoms with Crippen molar-refractivity contribution in [1.29, 1.82) is 0 Å². The molecule has 0 spiro atoms. The number of ether oxygens (including phenoxy) is 2. The number of benzene rings is 2. The number of nitrogens with one attached hydrogen (secondary N) is 1. The standard InChI is InChI=1S/C21H17N5O4S/c27-31(28,18-5-6-19-15(11-18)7-10-29-19)25-16-1-3-17(4-2-16)30-21-12-20(23-13-24-21)26-9-8-22-14-26/h1-6,8-9,11-14,25H,7,10H2. The molecule has 2 aromatic carbocycles. The lowest BCUT2D eigenvalue weighted by Gasteiger charge is -2.10. The highest BCUT2D eigenvalue weighted by molar-refractivity contribution is 7.92. The van der Waals surface area contributed by atoms with Gasteiger partial charge in [-0.15, -0.1) is 0 Å². The van der Waals surface area contributed by atoms with E-state index in [0.717, 1.165) is 11.3 Å². The molecular weight excluding hydrogens is 418 g/mol. The van der Waals surface area contributed by atoms with E-state index >= 15 is 0 Å². The van der Waals surface area contributed by atoms with Gasteiger partial charge in [-0.2, -0.15) is 0 Å². The molecule has 1 N–H and O–H groups in total. The van der Waals surface area contributed by atoms with E-state index in [4.69, 9.17) is 9.47 Å². The van der Waals surface area contributed by atoms with Gasteiger partial charge in [-0.05, 0) is 48.0 Å². The van der Waals surface area contributed by atoms with Crippen molar-refractivity contribution in [3.05, 3.63) is 79.1 Å². The predicted molar refractivity (Wildman–Crippen MR) is 112 cm³/mol. The highest BCUT2D eigenvalue weighted by atomic mass is 32.2. The molecule has 0 fully saturated rings. The Labute approximate surface area is 178 Å². The molecule has 0 saturated carbocycles. The molecule has 0 radical (unpaired) electrons. The van der Waals surface area contributed by atoms with E-state index in [1.54, 1.807) is 65.8 Å². The number of hydrogen-bond donors (Lipinski definition) is 1. The van der Waals surface area contributed by atoms with E-state index in [2.05, 4.69) is 19.7 Å². The Morgan fingerprint density at radius 1 is 1.06 bits per heavy atom. The highest BCUT2D eigenvalue weighted by Crippen LogP contribution is 2.29. The summed E-state index contributed by atoms with van der Waals surface area (Å²) in [5.41, 5.74) is 1.32. The SMILES string of the molecule is O=S(=O)(Nc1ccc(Oc2cc(-n3ccnc3)ncn2)cc1)c1ccc2c(c1)CCO2. The largest absolute Gasteiger partial charge is 0.493 e. The van der Waals surface area contributed by atoms with E-state index in [1.807, 2.05) is 0 Å². The van der Waals surface area contributed by atoms with Crippen LogP contribution in [0.5, 0.6) is 17.4 Å². The van der Waals surface area contributed by atoms with Gasteiger partial charge in [-0.1, -0.05) is 0 Å². The van der Waals surface area contributed by atoms with Crippen molar-refractivity contribution in [3.8, 4) is 23.2 Å². The van der Waals surface area contributed by atoms with Crippen molar-refractivity contribution in [2.24, 2.45) is 0 Å². The lowest BCUT2D eigenvalue weighted by atomic mass is 10.2. The fourth-order valence-corrected chi connectivity index (χ4v) is 4.29. The van der Waals surface area contributed by atoms with E-state index in [0.29, 0.717) is 36.2 Å². The van der Waals surface area contributed by atoms with Gasteiger partial charge in [-0.25, -0.2) is 23.4 Å². The van der Waals surface area contributed by atoms with Crippen LogP contribution in [0.1, 0.15) is 5.56 Å². The zero-order valence-electron chi connectivity index (χ0n) is 16.2. The van der Waals surface area contributed by atoms with Gasteiger partial charge in [0, 0.05) is 30.6 Å². The monoisotopic (exact) mass is 435 g/mol. The summed E-state index contributed by atoms with van der Waals surface area (Å²) in [5.74, 6) is 2.22. The van der Waals surface area contributed by atoms with Gasteiger partial charge < -0.3 is 9.47 Å². The maximum Gasteiger partial charge on any atom is 0.261 e. The third-order valence-electron chi connectivity index (χ3n) is 4.70. The second-order valence-electron chi connectivity index (χ2n) is 6.78. The van der Waals surface area contributed by atoms with Gasteiger partial charge in [0.15, 0.2) is 0 Å². The van der Waals surface area contributed by atoms with Crippen LogP contribution < -0.4 is 14.2 Å². The Hall–Kier alpha value is -3.92. The Morgan fingerprint density at radius 2 is 1.94 bits per heavy atom. The lowest BCUT2D eigenvalue weighted by Crippen LogP contribution is -2.13. The van der Waals surface area contributed by atoms with Crippen molar-refractivity contribution < 1.29 is 17.9 Å². The summed E-state index contributed by atoms with van der Waals surface area (Å²) in [6, 6.07) is 13.1. The van der Waals surface area contributed by atoms with Gasteiger partial charge in [-0.3, -0.25) is 9.29 Å². The van der Waals surface area contributed by atoms with Crippen molar-refractivity contribution in [2.45, 2.75) is 11.3 Å². The first-order chi connectivity index (χ1) is 15.1. The van der Waals surface area contributed by atoms with Crippen molar-refractivity contribution in [2.75, 3.05) is 11.3 Å². The molecular formula is C21H17N5O4S. The second kappa shape index (κ2) is 7.73. The quantitative estimate of drug-likeness (QED) is 0.495. The van der Waals surface area contributed by atoms with Gasteiger partial charge in [0.25, 0.3) is 10.0 Å². The number of imidazole rings is 1. The van der Waals surface area contributed by atoms with Crippen LogP contribution in [0, 0.1) is 0 Å². The van der Waals surface area contributed by atoms with E-state index in [9.17, 15) is 8.42 Å². The summed E-state index contributed by atoms with van der Waals surface area (Å²) in [6.07, 6.45) is 7.15. The van der Waals surface area contributed by atoms with Crippen molar-refractivity contribution >= 4 is 15.7 Å². The molecule has 0 unspecified atom stereocenters. The average Bonchev–Trinajstić information content (AvgIpc) is 3.47. The molecule has 10 heteroatoms. The first-order valence-electron chi connectivity index (χ1n) is 9.44. The fourth-order valence-electron chi connectivity index (χ4n) is 3.18. The molecule has 4 aromatic rings. The smallest absolute Gasteiger partial charge is 0.261 e. The van der Waals surface area contributed by atoms with Gasteiger partial charge in [0.05, 0.1) is 11.5 Å². The van der Waals surface area contributed by atoms with Crippen LogP contribution in [-0.2, 0) is 16.4 Å². The molecule has 31 heavy (non-hydrogen) atoms. The zero-order valence-corrected chi connectivity index (χ0v) is 17.0. The minimum atomic E-state index is -3.71. The van der Waals surface area contributed by atoms with E-state index in [1.165, 1.54) is 12.4 Å². The van der Waals surface area contributed by atoms with Crippen LogP contribution in [0.15, 0.2) is 78.5 Å². The first-order valence-corrected chi connectivity index (χ1v) is 10.9. The van der Waals surface area contributed by atoms with Crippen LogP contribution in [0.25, 0.3) is 5.82 Å². The average molecular weight is 435 g/mol. The molecule has 0 saturated heterocycles. The van der Waals surface area contributed by atoms with Crippen LogP contribution in [0.3, 0.4) is 0 Å². The maximum atomic E-state index is 12.7.